The van der Waals surface area contributed by atoms with Crippen molar-refractivity contribution in [3.63, 3.8) is 0 Å². The maximum atomic E-state index is 13.6. The van der Waals surface area contributed by atoms with Crippen LogP contribution in [0.25, 0.3) is 0 Å². The Balaban J connectivity index is 2.46. The number of halogens is 4. The summed E-state index contributed by atoms with van der Waals surface area (Å²) in [5.41, 5.74) is 3.19. The van der Waals surface area contributed by atoms with Gasteiger partial charge in [0.05, 0.1) is 4.83 Å². The fourth-order valence-electron chi connectivity index (χ4n) is 2.04. The van der Waals surface area contributed by atoms with Gasteiger partial charge in [0.15, 0.2) is 0 Å². The molecule has 2 rings (SSSR count). The van der Waals surface area contributed by atoms with Crippen molar-refractivity contribution in [1.29, 1.82) is 0 Å². The van der Waals surface area contributed by atoms with Crippen molar-refractivity contribution in [2.45, 2.75) is 18.7 Å². The van der Waals surface area contributed by atoms with Gasteiger partial charge in [-0.05, 0) is 54.3 Å². The van der Waals surface area contributed by atoms with Gasteiger partial charge in [-0.15, -0.1) is 0 Å². The summed E-state index contributed by atoms with van der Waals surface area (Å²) in [6.45, 7) is 3.52. The standard InChI is InChI=1S/C15H12BrCl2F/c1-8-3-10(4-9(2)15(8)19)14(16)11-5-12(17)7-13(18)6-11/h3-7,14H,1-2H3. The van der Waals surface area contributed by atoms with Gasteiger partial charge in [-0.3, -0.25) is 0 Å². The minimum atomic E-state index is -0.160. The van der Waals surface area contributed by atoms with Gasteiger partial charge in [0.1, 0.15) is 5.82 Å². The fraction of sp³-hybridized carbons (Fsp3) is 0.200. The van der Waals surface area contributed by atoms with E-state index < -0.39 is 0 Å². The predicted molar refractivity (Wildman–Crippen MR) is 83.1 cm³/mol. The molecule has 0 spiro atoms. The molecule has 1 atom stereocenters. The Morgan fingerprint density at radius 3 is 1.79 bits per heavy atom. The number of rotatable bonds is 2. The lowest BCUT2D eigenvalue weighted by atomic mass is 10.00. The van der Waals surface area contributed by atoms with E-state index in [2.05, 4.69) is 15.9 Å². The van der Waals surface area contributed by atoms with E-state index in [0.29, 0.717) is 21.2 Å². The first-order valence-electron chi connectivity index (χ1n) is 5.75. The van der Waals surface area contributed by atoms with Gasteiger partial charge >= 0.3 is 0 Å². The van der Waals surface area contributed by atoms with E-state index in [0.717, 1.165) is 11.1 Å². The van der Waals surface area contributed by atoms with Crippen LogP contribution in [0.2, 0.25) is 10.0 Å². The van der Waals surface area contributed by atoms with Gasteiger partial charge in [-0.25, -0.2) is 4.39 Å². The van der Waals surface area contributed by atoms with Gasteiger partial charge in [0.25, 0.3) is 0 Å². The monoisotopic (exact) mass is 360 g/mol. The van der Waals surface area contributed by atoms with Crippen molar-refractivity contribution in [3.05, 3.63) is 68.4 Å². The Hall–Kier alpha value is -0.570. The largest absolute Gasteiger partial charge is 0.206 e. The Bertz CT molecular complexity index is 582. The van der Waals surface area contributed by atoms with Crippen LogP contribution in [0, 0.1) is 19.7 Å². The lowest BCUT2D eigenvalue weighted by Gasteiger charge is -2.14. The summed E-state index contributed by atoms with van der Waals surface area (Å²) in [4.78, 5) is -0.0679. The molecule has 0 aliphatic carbocycles. The van der Waals surface area contributed by atoms with Crippen molar-refractivity contribution >= 4 is 39.1 Å². The van der Waals surface area contributed by atoms with E-state index in [9.17, 15) is 4.39 Å². The molecule has 0 aliphatic heterocycles. The van der Waals surface area contributed by atoms with E-state index in [1.165, 1.54) is 0 Å². The molecule has 0 fully saturated rings. The van der Waals surface area contributed by atoms with Gasteiger partial charge in [0, 0.05) is 10.0 Å². The van der Waals surface area contributed by atoms with Crippen LogP contribution in [0.15, 0.2) is 30.3 Å². The van der Waals surface area contributed by atoms with Crippen LogP contribution >= 0.6 is 39.1 Å². The molecule has 0 amide bonds. The second-order valence-electron chi connectivity index (χ2n) is 4.53. The minimum absolute atomic E-state index is 0.0679. The van der Waals surface area contributed by atoms with Gasteiger partial charge < -0.3 is 0 Å². The second-order valence-corrected chi connectivity index (χ2v) is 6.32. The number of aryl methyl sites for hydroxylation is 2. The Labute approximate surface area is 130 Å². The molecule has 0 aliphatic rings. The first-order valence-corrected chi connectivity index (χ1v) is 7.42. The molecule has 1 unspecified atom stereocenters. The van der Waals surface area contributed by atoms with Crippen LogP contribution < -0.4 is 0 Å². The summed E-state index contributed by atoms with van der Waals surface area (Å²) >= 11 is 15.6. The van der Waals surface area contributed by atoms with Gasteiger partial charge in [-0.2, -0.15) is 0 Å². The van der Waals surface area contributed by atoms with Crippen molar-refractivity contribution < 1.29 is 4.39 Å². The summed E-state index contributed by atoms with van der Waals surface area (Å²) in [6.07, 6.45) is 0. The lowest BCUT2D eigenvalue weighted by Crippen LogP contribution is -1.97. The van der Waals surface area contributed by atoms with Crippen LogP contribution in [-0.4, -0.2) is 0 Å². The van der Waals surface area contributed by atoms with Crippen molar-refractivity contribution in [3.8, 4) is 0 Å². The maximum Gasteiger partial charge on any atom is 0.129 e. The first kappa shape index (κ1) is 14.8. The molecule has 0 N–H and O–H groups in total. The van der Waals surface area contributed by atoms with Crippen LogP contribution in [0.4, 0.5) is 4.39 Å². The molecule has 0 saturated heterocycles. The summed E-state index contributed by atoms with van der Waals surface area (Å²) in [7, 11) is 0. The summed E-state index contributed by atoms with van der Waals surface area (Å²) in [6, 6.07) is 9.04. The molecular formula is C15H12BrCl2F. The average molecular weight is 362 g/mol. The van der Waals surface area contributed by atoms with Crippen LogP contribution in [0.1, 0.15) is 27.1 Å². The molecule has 0 heterocycles. The summed E-state index contributed by atoms with van der Waals surface area (Å²) < 4.78 is 13.6. The zero-order valence-electron chi connectivity index (χ0n) is 10.5. The molecule has 0 nitrogen and oxygen atoms in total. The van der Waals surface area contributed by atoms with Crippen LogP contribution in [-0.2, 0) is 0 Å². The molecule has 19 heavy (non-hydrogen) atoms. The normalized spacial score (nSPS) is 12.5. The molecular weight excluding hydrogens is 350 g/mol. The van der Waals surface area contributed by atoms with E-state index in [-0.39, 0.29) is 10.6 Å². The van der Waals surface area contributed by atoms with Gasteiger partial charge in [0.2, 0.25) is 0 Å². The van der Waals surface area contributed by atoms with E-state index in [1.54, 1.807) is 19.9 Å². The molecule has 0 aromatic heterocycles. The lowest BCUT2D eigenvalue weighted by molar-refractivity contribution is 0.608. The zero-order chi connectivity index (χ0) is 14.2. The van der Waals surface area contributed by atoms with Crippen molar-refractivity contribution in [2.24, 2.45) is 0 Å². The zero-order valence-corrected chi connectivity index (χ0v) is 13.6. The smallest absolute Gasteiger partial charge is 0.129 e. The minimum Gasteiger partial charge on any atom is -0.206 e. The Kier molecular flexibility index (Phi) is 4.54. The van der Waals surface area contributed by atoms with Crippen LogP contribution in [0.5, 0.6) is 0 Å². The molecule has 0 saturated carbocycles. The third-order valence-corrected chi connectivity index (χ3v) is 4.42. The van der Waals surface area contributed by atoms with Crippen molar-refractivity contribution in [1.82, 2.24) is 0 Å². The third kappa shape index (κ3) is 3.31. The molecule has 2 aromatic rings. The summed E-state index contributed by atoms with van der Waals surface area (Å²) in [5, 5.41) is 1.17. The molecule has 2 aromatic carbocycles. The molecule has 100 valence electrons. The first-order chi connectivity index (χ1) is 8.88. The predicted octanol–water partition coefficient (Wildman–Crippen LogP) is 6.23. The fourth-order valence-corrected chi connectivity index (χ4v) is 3.11. The number of hydrogen-bond acceptors (Lipinski definition) is 0. The Morgan fingerprint density at radius 2 is 1.32 bits per heavy atom. The highest BCUT2D eigenvalue weighted by Crippen LogP contribution is 2.35. The van der Waals surface area contributed by atoms with Gasteiger partial charge in [-0.1, -0.05) is 51.3 Å². The summed E-state index contributed by atoms with van der Waals surface area (Å²) in [5.74, 6) is -0.160. The number of hydrogen-bond donors (Lipinski definition) is 0. The second kappa shape index (κ2) is 5.82. The van der Waals surface area contributed by atoms with E-state index in [4.69, 9.17) is 23.2 Å². The third-order valence-electron chi connectivity index (χ3n) is 2.93. The Morgan fingerprint density at radius 1 is 0.895 bits per heavy atom. The SMILES string of the molecule is Cc1cc(C(Br)c2cc(Cl)cc(Cl)c2)cc(C)c1F. The number of benzene rings is 2. The number of alkyl halides is 1. The topological polar surface area (TPSA) is 0 Å². The van der Waals surface area contributed by atoms with E-state index >= 15 is 0 Å². The van der Waals surface area contributed by atoms with E-state index in [1.807, 2.05) is 24.3 Å². The highest BCUT2D eigenvalue weighted by molar-refractivity contribution is 9.09. The highest BCUT2D eigenvalue weighted by Gasteiger charge is 2.14. The molecule has 0 bridgehead atoms. The van der Waals surface area contributed by atoms with Crippen LogP contribution in [0.3, 0.4) is 0 Å². The van der Waals surface area contributed by atoms with Crippen molar-refractivity contribution in [2.75, 3.05) is 0 Å². The highest BCUT2D eigenvalue weighted by atomic mass is 79.9. The quantitative estimate of drug-likeness (QED) is 0.556. The average Bonchev–Trinajstić information content (AvgIpc) is 2.33. The molecule has 0 radical (unpaired) electrons. The molecule has 4 heteroatoms. The maximum absolute atomic E-state index is 13.6.